The van der Waals surface area contributed by atoms with Gasteiger partial charge in [-0.05, 0) is 45.7 Å². The van der Waals surface area contributed by atoms with Gasteiger partial charge in [-0.15, -0.1) is 0 Å². The van der Waals surface area contributed by atoms with E-state index in [1.807, 2.05) is 33.0 Å². The van der Waals surface area contributed by atoms with Crippen molar-refractivity contribution in [2.24, 2.45) is 0 Å². The molecule has 2 aromatic rings. The highest BCUT2D eigenvalue weighted by molar-refractivity contribution is 5.69. The van der Waals surface area contributed by atoms with E-state index in [-0.39, 0.29) is 12.2 Å². The molecule has 5 rings (SSSR count). The van der Waals surface area contributed by atoms with Gasteiger partial charge in [0.25, 0.3) is 0 Å². The monoisotopic (exact) mass is 482 g/mol. The molecule has 3 aliphatic heterocycles. The van der Waals surface area contributed by atoms with Crippen molar-refractivity contribution in [2.75, 3.05) is 55.7 Å². The summed E-state index contributed by atoms with van der Waals surface area (Å²) in [5.74, 6) is 1.64. The number of pyridine rings is 1. The topological polar surface area (TPSA) is 93.1 Å². The molecule has 10 nitrogen and oxygen atoms in total. The van der Waals surface area contributed by atoms with E-state index in [0.29, 0.717) is 38.9 Å². The summed E-state index contributed by atoms with van der Waals surface area (Å²) in [5, 5.41) is 0. The molecule has 1 unspecified atom stereocenters. The third-order valence-corrected chi connectivity index (χ3v) is 6.40. The number of hydrogen-bond acceptors (Lipinski definition) is 9. The van der Waals surface area contributed by atoms with E-state index in [1.165, 1.54) is 0 Å². The van der Waals surface area contributed by atoms with Crippen molar-refractivity contribution in [1.82, 2.24) is 19.9 Å². The van der Waals surface area contributed by atoms with Crippen molar-refractivity contribution < 1.29 is 19.0 Å². The molecule has 10 heteroatoms. The summed E-state index contributed by atoms with van der Waals surface area (Å²) in [6.07, 6.45) is 4.95. The smallest absolute Gasteiger partial charge is 0.410 e. The number of nitrogens with zero attached hydrogens (tertiary/aromatic N) is 6. The zero-order chi connectivity index (χ0) is 24.4. The van der Waals surface area contributed by atoms with Crippen LogP contribution in [0, 0.1) is 0 Å². The Labute approximate surface area is 206 Å². The number of carbonyl (C=O) groups excluding carboxylic acids is 1. The van der Waals surface area contributed by atoms with E-state index < -0.39 is 5.60 Å². The molecule has 0 aliphatic carbocycles. The lowest BCUT2D eigenvalue weighted by Crippen LogP contribution is -2.37. The van der Waals surface area contributed by atoms with Gasteiger partial charge in [0.05, 0.1) is 50.0 Å². The first-order valence-electron chi connectivity index (χ1n) is 12.4. The lowest BCUT2D eigenvalue weighted by molar-refractivity contribution is 0.0179. The van der Waals surface area contributed by atoms with Crippen LogP contribution < -0.4 is 9.80 Å². The van der Waals surface area contributed by atoms with Crippen LogP contribution in [0.3, 0.4) is 0 Å². The molecular formula is C25H34N6O4. The summed E-state index contributed by atoms with van der Waals surface area (Å²) < 4.78 is 17.3. The third-order valence-electron chi connectivity index (χ3n) is 6.40. The van der Waals surface area contributed by atoms with Gasteiger partial charge in [-0.2, -0.15) is 4.98 Å². The Morgan fingerprint density at radius 2 is 2.00 bits per heavy atom. The standard InChI is InChI=1S/C25H34N6O4/c1-25(2,3)35-24(32)30-9-6-19(16-30)34-17-21-20-7-10-31(18-5-4-8-26-15-18)22(20)28-23(27-21)29-11-13-33-14-12-29/h4-5,8,15,19H,6-7,9-14,16-17H2,1-3H3. The highest BCUT2D eigenvalue weighted by Gasteiger charge is 2.32. The number of amides is 1. The second-order valence-electron chi connectivity index (χ2n) is 10.1. The molecule has 188 valence electrons. The molecule has 0 bridgehead atoms. The summed E-state index contributed by atoms with van der Waals surface area (Å²) in [7, 11) is 0. The summed E-state index contributed by atoms with van der Waals surface area (Å²) in [4.78, 5) is 32.7. The number of likely N-dealkylation sites (tertiary alicyclic amines) is 1. The number of fused-ring (bicyclic) bond motifs is 1. The van der Waals surface area contributed by atoms with E-state index in [2.05, 4.69) is 20.9 Å². The van der Waals surface area contributed by atoms with Gasteiger partial charge in [-0.25, -0.2) is 9.78 Å². The van der Waals surface area contributed by atoms with Gasteiger partial charge >= 0.3 is 6.09 Å². The molecule has 2 aromatic heterocycles. The first-order valence-corrected chi connectivity index (χ1v) is 12.4. The van der Waals surface area contributed by atoms with Crippen molar-refractivity contribution >= 4 is 23.5 Å². The van der Waals surface area contributed by atoms with Gasteiger partial charge in [-0.3, -0.25) is 4.98 Å². The fraction of sp³-hybridized carbons (Fsp3) is 0.600. The fourth-order valence-corrected chi connectivity index (χ4v) is 4.66. The maximum atomic E-state index is 12.4. The minimum Gasteiger partial charge on any atom is -0.444 e. The molecule has 0 aromatic carbocycles. The molecule has 2 saturated heterocycles. The van der Waals surface area contributed by atoms with Gasteiger partial charge in [0.1, 0.15) is 11.4 Å². The molecule has 0 radical (unpaired) electrons. The number of rotatable bonds is 5. The zero-order valence-corrected chi connectivity index (χ0v) is 20.8. The predicted octanol–water partition coefficient (Wildman–Crippen LogP) is 2.93. The van der Waals surface area contributed by atoms with Crippen molar-refractivity contribution in [3.05, 3.63) is 35.8 Å². The summed E-state index contributed by atoms with van der Waals surface area (Å²) in [6.45, 7) is 10.9. The van der Waals surface area contributed by atoms with Gasteiger partial charge in [-0.1, -0.05) is 0 Å². The van der Waals surface area contributed by atoms with Crippen LogP contribution in [-0.2, 0) is 27.2 Å². The van der Waals surface area contributed by atoms with E-state index in [1.54, 1.807) is 11.1 Å². The van der Waals surface area contributed by atoms with Crippen LogP contribution in [0.15, 0.2) is 24.5 Å². The number of morpholine rings is 1. The molecule has 5 heterocycles. The first-order chi connectivity index (χ1) is 16.9. The van der Waals surface area contributed by atoms with Crippen molar-refractivity contribution in [2.45, 2.75) is 51.9 Å². The Kier molecular flexibility index (Phi) is 6.75. The number of aromatic nitrogens is 3. The van der Waals surface area contributed by atoms with Crippen LogP contribution in [0.1, 0.15) is 38.4 Å². The average molecular weight is 483 g/mol. The molecule has 3 aliphatic rings. The maximum absolute atomic E-state index is 12.4. The van der Waals surface area contributed by atoms with Gasteiger partial charge < -0.3 is 28.9 Å². The predicted molar refractivity (Wildman–Crippen MR) is 131 cm³/mol. The largest absolute Gasteiger partial charge is 0.444 e. The Morgan fingerprint density at radius 3 is 2.74 bits per heavy atom. The van der Waals surface area contributed by atoms with Crippen LogP contribution in [0.25, 0.3) is 0 Å². The second kappa shape index (κ2) is 9.94. The van der Waals surface area contributed by atoms with Crippen LogP contribution in [-0.4, -0.2) is 83.6 Å². The van der Waals surface area contributed by atoms with Gasteiger partial charge in [0, 0.05) is 37.9 Å². The number of ether oxygens (including phenoxy) is 3. The van der Waals surface area contributed by atoms with Crippen LogP contribution in [0.4, 0.5) is 22.2 Å². The minimum atomic E-state index is -0.506. The van der Waals surface area contributed by atoms with E-state index in [0.717, 1.165) is 55.2 Å². The average Bonchev–Trinajstić information content (AvgIpc) is 3.50. The van der Waals surface area contributed by atoms with Crippen molar-refractivity contribution in [3.8, 4) is 0 Å². The van der Waals surface area contributed by atoms with E-state index in [4.69, 9.17) is 24.2 Å². The van der Waals surface area contributed by atoms with Gasteiger partial charge in [0.2, 0.25) is 5.95 Å². The molecule has 1 amide bonds. The molecule has 0 N–H and O–H groups in total. The lowest BCUT2D eigenvalue weighted by atomic mass is 10.2. The number of hydrogen-bond donors (Lipinski definition) is 0. The Hall–Kier alpha value is -2.98. The van der Waals surface area contributed by atoms with E-state index >= 15 is 0 Å². The summed E-state index contributed by atoms with van der Waals surface area (Å²) in [5.41, 5.74) is 2.55. The molecule has 2 fully saturated rings. The maximum Gasteiger partial charge on any atom is 0.410 e. The zero-order valence-electron chi connectivity index (χ0n) is 20.8. The minimum absolute atomic E-state index is 0.0456. The molecule has 0 saturated carbocycles. The van der Waals surface area contributed by atoms with Crippen LogP contribution in [0.2, 0.25) is 0 Å². The molecule has 0 spiro atoms. The number of carbonyl (C=O) groups is 1. The molecule has 1 atom stereocenters. The summed E-state index contributed by atoms with van der Waals surface area (Å²) in [6, 6.07) is 4.00. The van der Waals surface area contributed by atoms with Gasteiger partial charge in [0.15, 0.2) is 0 Å². The Morgan fingerprint density at radius 1 is 1.17 bits per heavy atom. The van der Waals surface area contributed by atoms with Crippen molar-refractivity contribution in [3.63, 3.8) is 0 Å². The lowest BCUT2D eigenvalue weighted by Gasteiger charge is -2.28. The summed E-state index contributed by atoms with van der Waals surface area (Å²) >= 11 is 0. The van der Waals surface area contributed by atoms with E-state index in [9.17, 15) is 4.79 Å². The molecule has 35 heavy (non-hydrogen) atoms. The fourth-order valence-electron chi connectivity index (χ4n) is 4.66. The third kappa shape index (κ3) is 5.48. The van der Waals surface area contributed by atoms with Crippen LogP contribution in [0.5, 0.6) is 0 Å². The Balaban J connectivity index is 1.33. The quantitative estimate of drug-likeness (QED) is 0.638. The second-order valence-corrected chi connectivity index (χ2v) is 10.1. The molecular weight excluding hydrogens is 448 g/mol. The SMILES string of the molecule is CC(C)(C)OC(=O)N1CCC(OCc2nc(N3CCOCC3)nc3c2CCN3c2cccnc2)C1. The normalized spacial score (nSPS) is 20.3. The highest BCUT2D eigenvalue weighted by atomic mass is 16.6. The highest BCUT2D eigenvalue weighted by Crippen LogP contribution is 2.36. The Bertz CT molecular complexity index is 1040. The first kappa shape index (κ1) is 23.7. The number of anilines is 3. The van der Waals surface area contributed by atoms with Crippen LogP contribution >= 0.6 is 0 Å². The van der Waals surface area contributed by atoms with Crippen molar-refractivity contribution in [1.29, 1.82) is 0 Å².